The molecule has 0 radical (unpaired) electrons. The van der Waals surface area contributed by atoms with Gasteiger partial charge in [-0.1, -0.05) is 30.3 Å². The van der Waals surface area contributed by atoms with Crippen LogP contribution in [-0.4, -0.2) is 61.7 Å². The van der Waals surface area contributed by atoms with Gasteiger partial charge in [0.05, 0.1) is 0 Å². The minimum Gasteiger partial charge on any atom is -0.445 e. The van der Waals surface area contributed by atoms with Gasteiger partial charge in [-0.15, -0.1) is 0 Å². The molecule has 5 heteroatoms. The van der Waals surface area contributed by atoms with E-state index in [1.54, 1.807) is 0 Å². The van der Waals surface area contributed by atoms with Crippen molar-refractivity contribution < 1.29 is 9.53 Å². The predicted molar refractivity (Wildman–Crippen MR) is 111 cm³/mol. The van der Waals surface area contributed by atoms with Crippen LogP contribution in [0.5, 0.6) is 0 Å². The second kappa shape index (κ2) is 9.75. The van der Waals surface area contributed by atoms with E-state index in [1.165, 1.54) is 52.0 Å². The van der Waals surface area contributed by atoms with E-state index in [9.17, 15) is 4.79 Å². The standard InChI is InChI=1S/C23H35N3O2/c27-23(28-18-21-4-2-1-3-5-21)26-12-8-20(9-13-26)17-25-10-6-19(7-11-25)14-22-15-24-16-22/h1-5,19-20,22,24H,6-18H2. The van der Waals surface area contributed by atoms with Gasteiger partial charge in [0.2, 0.25) is 0 Å². The molecule has 0 saturated carbocycles. The Balaban J connectivity index is 1.11. The first kappa shape index (κ1) is 19.7. The number of nitrogens with zero attached hydrogens (tertiary/aromatic N) is 2. The SMILES string of the molecule is O=C(OCc1ccccc1)N1CCC(CN2CCC(CC3CNC3)CC2)CC1. The van der Waals surface area contributed by atoms with E-state index in [0.717, 1.165) is 49.2 Å². The number of carbonyl (C=O) groups is 1. The molecule has 0 spiro atoms. The number of piperidine rings is 2. The fourth-order valence-electron chi connectivity index (χ4n) is 4.87. The summed E-state index contributed by atoms with van der Waals surface area (Å²) < 4.78 is 5.48. The van der Waals surface area contributed by atoms with Gasteiger partial charge in [-0.25, -0.2) is 4.79 Å². The van der Waals surface area contributed by atoms with Crippen LogP contribution < -0.4 is 5.32 Å². The molecule has 3 fully saturated rings. The molecule has 1 amide bonds. The molecular weight excluding hydrogens is 350 g/mol. The Morgan fingerprint density at radius 3 is 2.25 bits per heavy atom. The largest absolute Gasteiger partial charge is 0.445 e. The Hall–Kier alpha value is -1.59. The second-order valence-corrected chi connectivity index (χ2v) is 8.97. The number of hydrogen-bond donors (Lipinski definition) is 1. The maximum absolute atomic E-state index is 12.3. The molecule has 3 heterocycles. The quantitative estimate of drug-likeness (QED) is 0.816. The van der Waals surface area contributed by atoms with Crippen molar-refractivity contribution in [1.29, 1.82) is 0 Å². The van der Waals surface area contributed by atoms with Gasteiger partial charge in [0.15, 0.2) is 0 Å². The molecule has 0 atom stereocenters. The first-order valence-corrected chi connectivity index (χ1v) is 11.1. The summed E-state index contributed by atoms with van der Waals surface area (Å²) in [7, 11) is 0. The van der Waals surface area contributed by atoms with Crippen LogP contribution >= 0.6 is 0 Å². The number of carbonyl (C=O) groups excluding carboxylic acids is 1. The Morgan fingerprint density at radius 2 is 1.61 bits per heavy atom. The van der Waals surface area contributed by atoms with Gasteiger partial charge in [0.1, 0.15) is 6.61 Å². The Kier molecular flexibility index (Phi) is 6.86. The summed E-state index contributed by atoms with van der Waals surface area (Å²) in [6.07, 6.45) is 6.24. The molecule has 1 aromatic carbocycles. The van der Waals surface area contributed by atoms with Crippen LogP contribution in [0.4, 0.5) is 4.79 Å². The van der Waals surface area contributed by atoms with Crippen molar-refractivity contribution in [2.45, 2.75) is 38.7 Å². The Morgan fingerprint density at radius 1 is 0.929 bits per heavy atom. The van der Waals surface area contributed by atoms with E-state index >= 15 is 0 Å². The van der Waals surface area contributed by atoms with Crippen molar-refractivity contribution in [2.75, 3.05) is 45.8 Å². The fraction of sp³-hybridized carbons (Fsp3) is 0.696. The highest BCUT2D eigenvalue weighted by Crippen LogP contribution is 2.27. The van der Waals surface area contributed by atoms with Gasteiger partial charge in [0.25, 0.3) is 0 Å². The normalized spacial score (nSPS) is 22.8. The highest BCUT2D eigenvalue weighted by Gasteiger charge is 2.28. The predicted octanol–water partition coefficient (Wildman–Crippen LogP) is 3.36. The van der Waals surface area contributed by atoms with E-state index in [-0.39, 0.29) is 6.09 Å². The summed E-state index contributed by atoms with van der Waals surface area (Å²) in [5, 5.41) is 3.39. The molecule has 0 unspecified atom stereocenters. The molecule has 0 bridgehead atoms. The molecule has 0 aromatic heterocycles. The highest BCUT2D eigenvalue weighted by molar-refractivity contribution is 5.67. The van der Waals surface area contributed by atoms with E-state index in [4.69, 9.17) is 4.74 Å². The number of ether oxygens (including phenoxy) is 1. The first-order chi connectivity index (χ1) is 13.8. The van der Waals surface area contributed by atoms with Gasteiger partial charge < -0.3 is 19.9 Å². The van der Waals surface area contributed by atoms with Crippen LogP contribution in [0.1, 0.15) is 37.7 Å². The van der Waals surface area contributed by atoms with E-state index in [0.29, 0.717) is 6.61 Å². The lowest BCUT2D eigenvalue weighted by molar-refractivity contribution is 0.0725. The van der Waals surface area contributed by atoms with Gasteiger partial charge in [-0.3, -0.25) is 0 Å². The van der Waals surface area contributed by atoms with Crippen molar-refractivity contribution in [2.24, 2.45) is 17.8 Å². The molecule has 5 nitrogen and oxygen atoms in total. The summed E-state index contributed by atoms with van der Waals surface area (Å²) in [5.74, 6) is 2.62. The van der Waals surface area contributed by atoms with Crippen molar-refractivity contribution in [1.82, 2.24) is 15.1 Å². The van der Waals surface area contributed by atoms with Crippen LogP contribution in [0.15, 0.2) is 30.3 Å². The molecule has 1 aromatic rings. The maximum atomic E-state index is 12.3. The summed E-state index contributed by atoms with van der Waals surface area (Å²) in [6, 6.07) is 9.91. The number of nitrogens with one attached hydrogen (secondary N) is 1. The molecule has 0 aliphatic carbocycles. The lowest BCUT2D eigenvalue weighted by Crippen LogP contribution is -2.45. The molecular formula is C23H35N3O2. The molecule has 1 N–H and O–H groups in total. The van der Waals surface area contributed by atoms with Crippen LogP contribution in [0.2, 0.25) is 0 Å². The topological polar surface area (TPSA) is 44.8 Å². The molecule has 154 valence electrons. The zero-order valence-electron chi connectivity index (χ0n) is 17.0. The Labute approximate surface area is 169 Å². The zero-order valence-corrected chi connectivity index (χ0v) is 17.0. The van der Waals surface area contributed by atoms with Crippen molar-refractivity contribution in [3.63, 3.8) is 0 Å². The third kappa shape index (κ3) is 5.48. The van der Waals surface area contributed by atoms with Crippen LogP contribution in [0.3, 0.4) is 0 Å². The second-order valence-electron chi connectivity index (χ2n) is 8.97. The van der Waals surface area contributed by atoms with Gasteiger partial charge in [-0.05, 0) is 81.6 Å². The minimum atomic E-state index is -0.159. The van der Waals surface area contributed by atoms with Crippen LogP contribution in [0.25, 0.3) is 0 Å². The average Bonchev–Trinajstić information content (AvgIpc) is 2.71. The van der Waals surface area contributed by atoms with Crippen molar-refractivity contribution in [3.8, 4) is 0 Å². The van der Waals surface area contributed by atoms with Crippen molar-refractivity contribution >= 4 is 6.09 Å². The monoisotopic (exact) mass is 385 g/mol. The molecule has 28 heavy (non-hydrogen) atoms. The average molecular weight is 386 g/mol. The molecule has 3 aliphatic heterocycles. The van der Waals surface area contributed by atoms with Crippen molar-refractivity contribution in [3.05, 3.63) is 35.9 Å². The molecule has 3 aliphatic rings. The van der Waals surface area contributed by atoms with Gasteiger partial charge in [0, 0.05) is 19.6 Å². The number of benzene rings is 1. The molecule has 3 saturated heterocycles. The minimum absolute atomic E-state index is 0.159. The summed E-state index contributed by atoms with van der Waals surface area (Å²) in [6.45, 7) is 8.27. The number of likely N-dealkylation sites (tertiary alicyclic amines) is 2. The Bertz CT molecular complexity index is 604. The van der Waals surface area contributed by atoms with E-state index in [2.05, 4.69) is 10.2 Å². The number of hydrogen-bond acceptors (Lipinski definition) is 4. The zero-order chi connectivity index (χ0) is 19.2. The van der Waals surface area contributed by atoms with Gasteiger partial charge >= 0.3 is 6.09 Å². The maximum Gasteiger partial charge on any atom is 0.410 e. The third-order valence-corrected chi connectivity index (χ3v) is 6.83. The summed E-state index contributed by atoms with van der Waals surface area (Å²) in [4.78, 5) is 16.9. The fourth-order valence-corrected chi connectivity index (χ4v) is 4.87. The number of rotatable bonds is 6. The summed E-state index contributed by atoms with van der Waals surface area (Å²) >= 11 is 0. The van der Waals surface area contributed by atoms with E-state index < -0.39 is 0 Å². The highest BCUT2D eigenvalue weighted by atomic mass is 16.6. The van der Waals surface area contributed by atoms with Crippen LogP contribution in [0, 0.1) is 17.8 Å². The van der Waals surface area contributed by atoms with Crippen LogP contribution in [-0.2, 0) is 11.3 Å². The summed E-state index contributed by atoms with van der Waals surface area (Å²) in [5.41, 5.74) is 1.04. The first-order valence-electron chi connectivity index (χ1n) is 11.1. The smallest absolute Gasteiger partial charge is 0.410 e. The van der Waals surface area contributed by atoms with E-state index in [1.807, 2.05) is 35.2 Å². The molecule has 4 rings (SSSR count). The van der Waals surface area contributed by atoms with Gasteiger partial charge in [-0.2, -0.15) is 0 Å². The number of amides is 1. The lowest BCUT2D eigenvalue weighted by atomic mass is 9.84. The third-order valence-electron chi connectivity index (χ3n) is 6.83. The lowest BCUT2D eigenvalue weighted by Gasteiger charge is -2.39.